The number of nitrogens with zero attached hydrogens (tertiary/aromatic N) is 1. The van der Waals surface area contributed by atoms with E-state index in [4.69, 9.17) is 15.3 Å². The van der Waals surface area contributed by atoms with Gasteiger partial charge in [-0.2, -0.15) is 0 Å². The molecule has 0 aliphatic heterocycles. The molecule has 0 saturated carbocycles. The average molecular weight is 226 g/mol. The van der Waals surface area contributed by atoms with Crippen LogP contribution in [-0.4, -0.2) is 41.4 Å². The van der Waals surface area contributed by atoms with Crippen molar-refractivity contribution in [3.63, 3.8) is 0 Å². The van der Waals surface area contributed by atoms with Gasteiger partial charge >= 0.3 is 5.97 Å². The van der Waals surface area contributed by atoms with Crippen LogP contribution in [0, 0.1) is 0 Å². The first-order chi connectivity index (χ1) is 7.41. The van der Waals surface area contributed by atoms with Crippen LogP contribution in [0.1, 0.15) is 21.1 Å². The summed E-state index contributed by atoms with van der Waals surface area (Å²) in [6, 6.07) is 2.39. The molecule has 1 rings (SSSR count). The molecular formula is C9H10N2O5. The van der Waals surface area contributed by atoms with Crippen molar-refractivity contribution < 1.29 is 23.9 Å². The van der Waals surface area contributed by atoms with Gasteiger partial charge in [0, 0.05) is 7.05 Å². The minimum atomic E-state index is -1.27. The van der Waals surface area contributed by atoms with Crippen molar-refractivity contribution in [3.8, 4) is 0 Å². The first kappa shape index (κ1) is 11.8. The molecule has 0 aromatic carbocycles. The number of nitrogens with two attached hydrogens (primary N) is 1. The summed E-state index contributed by atoms with van der Waals surface area (Å²) in [7, 11) is 1.36. The van der Waals surface area contributed by atoms with Gasteiger partial charge in [0.2, 0.25) is 11.7 Å². The van der Waals surface area contributed by atoms with Crippen LogP contribution in [0.5, 0.6) is 0 Å². The fraction of sp³-hybridized carbons (Fsp3) is 0.222. The van der Waals surface area contributed by atoms with Crippen LogP contribution in [0.3, 0.4) is 0 Å². The molecule has 1 heterocycles. The summed E-state index contributed by atoms with van der Waals surface area (Å²) in [5.74, 6) is -3.03. The van der Waals surface area contributed by atoms with Gasteiger partial charge < -0.3 is 20.2 Å². The fourth-order valence-electron chi connectivity index (χ4n) is 1.06. The Morgan fingerprint density at radius 3 is 2.38 bits per heavy atom. The zero-order valence-corrected chi connectivity index (χ0v) is 8.47. The lowest BCUT2D eigenvalue weighted by Crippen LogP contribution is -2.35. The third-order valence-electron chi connectivity index (χ3n) is 1.77. The Bertz CT molecular complexity index is 437. The molecule has 16 heavy (non-hydrogen) atoms. The molecule has 0 aliphatic carbocycles. The maximum Gasteiger partial charge on any atom is 0.371 e. The fourth-order valence-corrected chi connectivity index (χ4v) is 1.06. The van der Waals surface area contributed by atoms with Crippen LogP contribution < -0.4 is 5.73 Å². The van der Waals surface area contributed by atoms with Crippen molar-refractivity contribution in [3.05, 3.63) is 23.7 Å². The molecule has 0 fully saturated rings. The number of aromatic carboxylic acids is 1. The molecule has 0 radical (unpaired) electrons. The van der Waals surface area contributed by atoms with Crippen molar-refractivity contribution in [2.75, 3.05) is 13.6 Å². The monoisotopic (exact) mass is 226 g/mol. The molecular weight excluding hydrogens is 216 g/mol. The SMILES string of the molecule is CN(CC(N)=O)C(=O)c1ccc(C(=O)O)o1. The summed E-state index contributed by atoms with van der Waals surface area (Å²) < 4.78 is 4.77. The van der Waals surface area contributed by atoms with Crippen LogP contribution in [0.4, 0.5) is 0 Å². The van der Waals surface area contributed by atoms with Crippen molar-refractivity contribution >= 4 is 17.8 Å². The van der Waals surface area contributed by atoms with E-state index in [1.165, 1.54) is 13.1 Å². The Morgan fingerprint density at radius 2 is 1.94 bits per heavy atom. The van der Waals surface area contributed by atoms with Crippen LogP contribution in [0.2, 0.25) is 0 Å². The summed E-state index contributed by atoms with van der Waals surface area (Å²) in [5.41, 5.74) is 4.91. The summed E-state index contributed by atoms with van der Waals surface area (Å²) in [6.45, 7) is -0.262. The predicted octanol–water partition coefficient (Wildman–Crippen LogP) is -0.465. The standard InChI is InChI=1S/C9H10N2O5/c1-11(4-7(10)12)8(13)5-2-3-6(16-5)9(14)15/h2-3H,4H2,1H3,(H2,10,12)(H,14,15). The second-order valence-electron chi connectivity index (χ2n) is 3.10. The van der Waals surface area contributed by atoms with Crippen molar-refractivity contribution in [2.45, 2.75) is 0 Å². The summed E-state index contributed by atoms with van der Waals surface area (Å²) in [4.78, 5) is 33.6. The number of amides is 2. The first-order valence-electron chi connectivity index (χ1n) is 4.28. The number of likely N-dealkylation sites (N-methyl/N-ethyl adjacent to an activating group) is 1. The average Bonchev–Trinajstić information content (AvgIpc) is 2.64. The van der Waals surface area contributed by atoms with E-state index >= 15 is 0 Å². The van der Waals surface area contributed by atoms with E-state index in [-0.39, 0.29) is 18.1 Å². The number of carbonyl (C=O) groups is 3. The predicted molar refractivity (Wildman–Crippen MR) is 51.8 cm³/mol. The third kappa shape index (κ3) is 2.59. The largest absolute Gasteiger partial charge is 0.475 e. The minimum Gasteiger partial charge on any atom is -0.475 e. The highest BCUT2D eigenvalue weighted by Gasteiger charge is 2.19. The summed E-state index contributed by atoms with van der Waals surface area (Å²) in [5, 5.41) is 8.57. The van der Waals surface area contributed by atoms with Crippen molar-refractivity contribution in [2.24, 2.45) is 5.73 Å². The number of rotatable bonds is 4. The van der Waals surface area contributed by atoms with E-state index in [0.29, 0.717) is 0 Å². The molecule has 0 spiro atoms. The topological polar surface area (TPSA) is 114 Å². The highest BCUT2D eigenvalue weighted by Crippen LogP contribution is 2.09. The molecule has 0 saturated heterocycles. The molecule has 0 unspecified atom stereocenters. The molecule has 2 amide bonds. The number of carbonyl (C=O) groups excluding carboxylic acids is 2. The van der Waals surface area contributed by atoms with Gasteiger partial charge in [-0.1, -0.05) is 0 Å². The third-order valence-corrected chi connectivity index (χ3v) is 1.77. The van der Waals surface area contributed by atoms with Crippen LogP contribution in [0.15, 0.2) is 16.5 Å². The molecule has 86 valence electrons. The number of carboxylic acid groups (broad SMARTS) is 1. The van der Waals surface area contributed by atoms with Gasteiger partial charge in [-0.05, 0) is 12.1 Å². The molecule has 3 N–H and O–H groups in total. The molecule has 1 aromatic heterocycles. The lowest BCUT2D eigenvalue weighted by molar-refractivity contribution is -0.118. The zero-order valence-electron chi connectivity index (χ0n) is 8.47. The Balaban J connectivity index is 2.80. The van der Waals surface area contributed by atoms with E-state index in [1.54, 1.807) is 0 Å². The Kier molecular flexibility index (Phi) is 3.29. The quantitative estimate of drug-likeness (QED) is 0.720. The smallest absolute Gasteiger partial charge is 0.371 e. The molecule has 7 heteroatoms. The number of hydrogen-bond donors (Lipinski definition) is 2. The maximum absolute atomic E-state index is 11.5. The first-order valence-corrected chi connectivity index (χ1v) is 4.28. The van der Waals surface area contributed by atoms with Gasteiger partial charge in [0.05, 0.1) is 6.54 Å². The molecule has 0 aliphatic rings. The summed E-state index contributed by atoms with van der Waals surface area (Å²) in [6.07, 6.45) is 0. The van der Waals surface area contributed by atoms with Gasteiger partial charge in [0.15, 0.2) is 5.76 Å². The second kappa shape index (κ2) is 4.47. The van der Waals surface area contributed by atoms with Gasteiger partial charge in [-0.25, -0.2) is 4.79 Å². The highest BCUT2D eigenvalue weighted by atomic mass is 16.4. The maximum atomic E-state index is 11.5. The summed E-state index contributed by atoms with van der Waals surface area (Å²) >= 11 is 0. The Labute approximate surface area is 90.4 Å². The lowest BCUT2D eigenvalue weighted by Gasteiger charge is -2.12. The van der Waals surface area contributed by atoms with E-state index < -0.39 is 17.8 Å². The number of furan rings is 1. The van der Waals surface area contributed by atoms with Gasteiger partial charge in [-0.15, -0.1) is 0 Å². The normalized spacial score (nSPS) is 9.81. The van der Waals surface area contributed by atoms with E-state index in [2.05, 4.69) is 0 Å². The zero-order chi connectivity index (χ0) is 12.3. The van der Waals surface area contributed by atoms with Crippen LogP contribution >= 0.6 is 0 Å². The van der Waals surface area contributed by atoms with Crippen LogP contribution in [-0.2, 0) is 4.79 Å². The van der Waals surface area contributed by atoms with Crippen molar-refractivity contribution in [1.82, 2.24) is 4.90 Å². The van der Waals surface area contributed by atoms with Crippen molar-refractivity contribution in [1.29, 1.82) is 0 Å². The van der Waals surface area contributed by atoms with Gasteiger partial charge in [-0.3, -0.25) is 9.59 Å². The molecule has 7 nitrogen and oxygen atoms in total. The molecule has 0 atom stereocenters. The highest BCUT2D eigenvalue weighted by molar-refractivity contribution is 5.95. The number of hydrogen-bond acceptors (Lipinski definition) is 4. The van der Waals surface area contributed by atoms with E-state index in [0.717, 1.165) is 11.0 Å². The van der Waals surface area contributed by atoms with Crippen LogP contribution in [0.25, 0.3) is 0 Å². The second-order valence-corrected chi connectivity index (χ2v) is 3.10. The van der Waals surface area contributed by atoms with E-state index in [9.17, 15) is 14.4 Å². The number of carboxylic acids is 1. The van der Waals surface area contributed by atoms with Gasteiger partial charge in [0.25, 0.3) is 5.91 Å². The molecule has 0 bridgehead atoms. The van der Waals surface area contributed by atoms with E-state index in [1.807, 2.05) is 0 Å². The number of primary amides is 1. The molecule has 1 aromatic rings. The van der Waals surface area contributed by atoms with Gasteiger partial charge in [0.1, 0.15) is 0 Å². The lowest BCUT2D eigenvalue weighted by atomic mass is 10.4. The Hall–Kier alpha value is -2.31. The Morgan fingerprint density at radius 1 is 1.38 bits per heavy atom. The minimum absolute atomic E-state index is 0.152.